The number of anilines is 2. The topological polar surface area (TPSA) is 81.7 Å². The molecule has 0 bridgehead atoms. The van der Waals surface area contributed by atoms with E-state index < -0.39 is 0 Å². The van der Waals surface area contributed by atoms with Gasteiger partial charge in [-0.3, -0.25) is 9.89 Å². The highest BCUT2D eigenvalue weighted by molar-refractivity contribution is 6.09. The molecule has 1 aliphatic rings. The van der Waals surface area contributed by atoms with Gasteiger partial charge in [0.25, 0.3) is 5.91 Å². The number of hydrogen-bond donors (Lipinski definition) is 2. The Hall–Kier alpha value is -3.06. The number of H-pyrrole nitrogens is 1. The number of ether oxygens (including phenoxy) is 1. The summed E-state index contributed by atoms with van der Waals surface area (Å²) in [6.07, 6.45) is 0.826. The highest BCUT2D eigenvalue weighted by Crippen LogP contribution is 2.30. The molecule has 4 rings (SSSR count). The third kappa shape index (κ3) is 3.98. The first-order valence-electron chi connectivity index (χ1n) is 10.3. The Labute approximate surface area is 176 Å². The molecule has 0 saturated carbocycles. The van der Waals surface area contributed by atoms with E-state index in [4.69, 9.17) is 4.74 Å². The Morgan fingerprint density at radius 2 is 2.03 bits per heavy atom. The predicted molar refractivity (Wildman–Crippen MR) is 119 cm³/mol. The monoisotopic (exact) mass is 408 g/mol. The molecule has 3 aromatic rings. The summed E-state index contributed by atoms with van der Waals surface area (Å²) in [5.74, 6) is 0.128. The van der Waals surface area contributed by atoms with Crippen molar-refractivity contribution in [3.8, 4) is 5.75 Å². The SMILES string of the molecule is CC(C)Cc1[nH]nc2cc(O)c(C(=O)N(C)c3cccc(N4CCOCC4)c3)cc12. The first kappa shape index (κ1) is 20.2. The molecular formula is C23H28N4O3. The number of rotatable bonds is 5. The number of aromatic amines is 1. The van der Waals surface area contributed by atoms with Crippen molar-refractivity contribution < 1.29 is 14.6 Å². The molecule has 0 unspecified atom stereocenters. The number of phenolic OH excluding ortho intramolecular Hbond substituents is 1. The molecular weight excluding hydrogens is 380 g/mol. The molecule has 1 saturated heterocycles. The number of phenols is 1. The van der Waals surface area contributed by atoms with E-state index in [0.29, 0.717) is 24.6 Å². The lowest BCUT2D eigenvalue weighted by atomic mass is 10.0. The van der Waals surface area contributed by atoms with Gasteiger partial charge in [-0.25, -0.2) is 0 Å². The van der Waals surface area contributed by atoms with Crippen LogP contribution >= 0.6 is 0 Å². The van der Waals surface area contributed by atoms with Crippen LogP contribution in [-0.2, 0) is 11.2 Å². The van der Waals surface area contributed by atoms with Crippen LogP contribution in [0.3, 0.4) is 0 Å². The quantitative estimate of drug-likeness (QED) is 0.674. The van der Waals surface area contributed by atoms with Gasteiger partial charge in [0.05, 0.1) is 24.3 Å². The van der Waals surface area contributed by atoms with Crippen LogP contribution in [0.4, 0.5) is 11.4 Å². The highest BCUT2D eigenvalue weighted by atomic mass is 16.5. The zero-order chi connectivity index (χ0) is 21.3. The molecule has 7 nitrogen and oxygen atoms in total. The molecule has 1 aromatic heterocycles. The van der Waals surface area contributed by atoms with Crippen LogP contribution in [0.25, 0.3) is 10.9 Å². The van der Waals surface area contributed by atoms with E-state index in [1.54, 1.807) is 24.1 Å². The van der Waals surface area contributed by atoms with Gasteiger partial charge in [-0.05, 0) is 36.6 Å². The molecule has 0 atom stereocenters. The third-order valence-corrected chi connectivity index (χ3v) is 5.49. The molecule has 0 spiro atoms. The van der Waals surface area contributed by atoms with Crippen LogP contribution in [0, 0.1) is 5.92 Å². The average Bonchev–Trinajstić information content (AvgIpc) is 3.13. The average molecular weight is 409 g/mol. The number of carbonyl (C=O) groups excluding carboxylic acids is 1. The van der Waals surface area contributed by atoms with Crippen molar-refractivity contribution in [1.82, 2.24) is 10.2 Å². The number of aromatic hydroxyl groups is 1. The maximum atomic E-state index is 13.3. The van der Waals surface area contributed by atoms with Crippen LogP contribution in [-0.4, -0.2) is 54.6 Å². The molecule has 1 fully saturated rings. The summed E-state index contributed by atoms with van der Waals surface area (Å²) in [6.45, 7) is 7.34. The molecule has 2 heterocycles. The minimum Gasteiger partial charge on any atom is -0.507 e. The number of hydrogen-bond acceptors (Lipinski definition) is 5. The number of nitrogens with zero attached hydrogens (tertiary/aromatic N) is 3. The second-order valence-electron chi connectivity index (χ2n) is 8.17. The Morgan fingerprint density at radius 1 is 1.27 bits per heavy atom. The number of carbonyl (C=O) groups is 1. The van der Waals surface area contributed by atoms with Crippen molar-refractivity contribution in [2.45, 2.75) is 20.3 Å². The highest BCUT2D eigenvalue weighted by Gasteiger charge is 2.21. The van der Waals surface area contributed by atoms with Gasteiger partial charge >= 0.3 is 0 Å². The lowest BCUT2D eigenvalue weighted by Crippen LogP contribution is -2.36. The van der Waals surface area contributed by atoms with Crippen LogP contribution in [0.5, 0.6) is 5.75 Å². The summed E-state index contributed by atoms with van der Waals surface area (Å²) < 4.78 is 5.43. The second-order valence-corrected chi connectivity index (χ2v) is 8.17. The van der Waals surface area contributed by atoms with Crippen molar-refractivity contribution in [2.75, 3.05) is 43.2 Å². The molecule has 158 valence electrons. The molecule has 0 aliphatic carbocycles. The number of benzene rings is 2. The maximum Gasteiger partial charge on any atom is 0.261 e. The van der Waals surface area contributed by atoms with Crippen molar-refractivity contribution in [3.05, 3.63) is 47.7 Å². The van der Waals surface area contributed by atoms with Gasteiger partial charge in [-0.15, -0.1) is 0 Å². The van der Waals surface area contributed by atoms with Crippen molar-refractivity contribution >= 4 is 28.2 Å². The van der Waals surface area contributed by atoms with Crippen molar-refractivity contribution in [1.29, 1.82) is 0 Å². The molecule has 1 amide bonds. The van der Waals surface area contributed by atoms with Gasteiger partial charge in [0.1, 0.15) is 5.75 Å². The van der Waals surface area contributed by atoms with E-state index in [1.807, 2.05) is 24.3 Å². The Kier molecular flexibility index (Phi) is 5.63. The van der Waals surface area contributed by atoms with Gasteiger partial charge in [-0.2, -0.15) is 5.10 Å². The summed E-state index contributed by atoms with van der Waals surface area (Å²) >= 11 is 0. The van der Waals surface area contributed by atoms with Gasteiger partial charge in [-0.1, -0.05) is 19.9 Å². The largest absolute Gasteiger partial charge is 0.507 e. The van der Waals surface area contributed by atoms with Crippen LogP contribution in [0.2, 0.25) is 0 Å². The lowest BCUT2D eigenvalue weighted by Gasteiger charge is -2.29. The van der Waals surface area contributed by atoms with E-state index >= 15 is 0 Å². The minimum atomic E-state index is -0.259. The molecule has 30 heavy (non-hydrogen) atoms. The number of nitrogens with one attached hydrogen (secondary N) is 1. The number of morpholine rings is 1. The van der Waals surface area contributed by atoms with E-state index in [1.165, 1.54) is 0 Å². The van der Waals surface area contributed by atoms with Gasteiger partial charge in [0, 0.05) is 48.7 Å². The number of aromatic nitrogens is 2. The van der Waals surface area contributed by atoms with Crippen LogP contribution in [0.1, 0.15) is 29.9 Å². The fraction of sp³-hybridized carbons (Fsp3) is 0.391. The predicted octanol–water partition coefficient (Wildman–Crippen LogP) is 3.58. The summed E-state index contributed by atoms with van der Waals surface area (Å²) in [5, 5.41) is 18.7. The summed E-state index contributed by atoms with van der Waals surface area (Å²) in [4.78, 5) is 17.1. The van der Waals surface area contributed by atoms with Crippen LogP contribution < -0.4 is 9.80 Å². The zero-order valence-corrected chi connectivity index (χ0v) is 17.7. The normalized spacial score (nSPS) is 14.5. The zero-order valence-electron chi connectivity index (χ0n) is 17.7. The summed E-state index contributed by atoms with van der Waals surface area (Å²) in [5.41, 5.74) is 3.75. The minimum absolute atomic E-state index is 0.0636. The Morgan fingerprint density at radius 3 is 2.77 bits per heavy atom. The lowest BCUT2D eigenvalue weighted by molar-refractivity contribution is 0.0990. The van der Waals surface area contributed by atoms with Crippen molar-refractivity contribution in [2.24, 2.45) is 5.92 Å². The molecule has 2 aromatic carbocycles. The van der Waals surface area contributed by atoms with Crippen molar-refractivity contribution in [3.63, 3.8) is 0 Å². The van der Waals surface area contributed by atoms with E-state index in [-0.39, 0.29) is 17.2 Å². The van der Waals surface area contributed by atoms with E-state index in [9.17, 15) is 9.90 Å². The Balaban J connectivity index is 1.63. The number of amides is 1. The van der Waals surface area contributed by atoms with E-state index in [0.717, 1.165) is 42.0 Å². The second kappa shape index (κ2) is 8.36. The maximum absolute atomic E-state index is 13.3. The molecule has 0 radical (unpaired) electrons. The smallest absolute Gasteiger partial charge is 0.261 e. The first-order chi connectivity index (χ1) is 14.4. The number of fused-ring (bicyclic) bond motifs is 1. The van der Waals surface area contributed by atoms with E-state index in [2.05, 4.69) is 28.9 Å². The fourth-order valence-electron chi connectivity index (χ4n) is 3.85. The first-order valence-corrected chi connectivity index (χ1v) is 10.3. The fourth-order valence-corrected chi connectivity index (χ4v) is 3.85. The molecule has 1 aliphatic heterocycles. The van der Waals surface area contributed by atoms with Gasteiger partial charge in [0.2, 0.25) is 0 Å². The standard InChI is InChI=1S/C23H28N4O3/c1-15(2)11-20-18-13-19(22(28)14-21(18)25-24-20)23(29)26(3)16-5-4-6-17(12-16)27-7-9-30-10-8-27/h4-6,12-15,28H,7-11H2,1-3H3,(H,24,25). The van der Waals surface area contributed by atoms with Gasteiger partial charge < -0.3 is 19.6 Å². The third-order valence-electron chi connectivity index (χ3n) is 5.49. The van der Waals surface area contributed by atoms with Crippen LogP contribution in [0.15, 0.2) is 36.4 Å². The van der Waals surface area contributed by atoms with Gasteiger partial charge in [0.15, 0.2) is 0 Å². The molecule has 2 N–H and O–H groups in total. The summed E-state index contributed by atoms with van der Waals surface area (Å²) in [6, 6.07) is 11.2. The molecule has 7 heteroatoms. The summed E-state index contributed by atoms with van der Waals surface area (Å²) in [7, 11) is 1.73. The Bertz CT molecular complexity index is 1050.